The van der Waals surface area contributed by atoms with Crippen LogP contribution in [0.2, 0.25) is 5.02 Å². The van der Waals surface area contributed by atoms with Crippen LogP contribution in [0.4, 0.5) is 4.39 Å². The second kappa shape index (κ2) is 4.50. The lowest BCUT2D eigenvalue weighted by Crippen LogP contribution is -2.24. The van der Waals surface area contributed by atoms with E-state index in [4.69, 9.17) is 11.6 Å². The Balaban J connectivity index is 2.17. The van der Waals surface area contributed by atoms with Crippen molar-refractivity contribution in [3.63, 3.8) is 0 Å². The molecule has 0 aliphatic carbocycles. The lowest BCUT2D eigenvalue weighted by Gasteiger charge is -2.13. The van der Waals surface area contributed by atoms with Crippen LogP contribution < -0.4 is 5.32 Å². The van der Waals surface area contributed by atoms with Gasteiger partial charge in [-0.2, -0.15) is 0 Å². The van der Waals surface area contributed by atoms with E-state index >= 15 is 0 Å². The number of rotatable bonds is 2. The van der Waals surface area contributed by atoms with Crippen molar-refractivity contribution in [3.8, 4) is 0 Å². The van der Waals surface area contributed by atoms with E-state index in [0.717, 1.165) is 24.1 Å². The minimum Gasteiger partial charge on any atom is -0.314 e. The van der Waals surface area contributed by atoms with E-state index < -0.39 is 0 Å². The van der Waals surface area contributed by atoms with E-state index in [-0.39, 0.29) is 10.8 Å². The monoisotopic (exact) mass is 227 g/mol. The fourth-order valence-electron chi connectivity index (χ4n) is 2.11. The highest BCUT2D eigenvalue weighted by atomic mass is 35.5. The van der Waals surface area contributed by atoms with Gasteiger partial charge in [-0.3, -0.25) is 0 Å². The van der Waals surface area contributed by atoms with Crippen LogP contribution in [0.15, 0.2) is 12.1 Å². The molecule has 1 aromatic rings. The summed E-state index contributed by atoms with van der Waals surface area (Å²) in [5, 5.41) is 3.70. The number of nitrogens with one attached hydrogen (secondary N) is 1. The lowest BCUT2D eigenvalue weighted by atomic mass is 10.00. The summed E-state index contributed by atoms with van der Waals surface area (Å²) in [6.07, 6.45) is 3.39. The number of hydrogen-bond acceptors (Lipinski definition) is 1. The summed E-state index contributed by atoms with van der Waals surface area (Å²) in [5.74, 6) is -0.322. The number of hydrogen-bond donors (Lipinski definition) is 1. The molecule has 0 amide bonds. The Labute approximate surface area is 94.6 Å². The Bertz CT molecular complexity index is 359. The highest BCUT2D eigenvalue weighted by Gasteiger charge is 2.16. The molecule has 1 unspecified atom stereocenters. The van der Waals surface area contributed by atoms with Crippen molar-refractivity contribution in [3.05, 3.63) is 34.1 Å². The van der Waals surface area contributed by atoms with Gasteiger partial charge in [0.25, 0.3) is 0 Å². The third kappa shape index (κ3) is 2.32. The van der Waals surface area contributed by atoms with Crippen molar-refractivity contribution >= 4 is 11.6 Å². The van der Waals surface area contributed by atoms with Crippen molar-refractivity contribution in [1.29, 1.82) is 0 Å². The van der Waals surface area contributed by atoms with Gasteiger partial charge in [0.2, 0.25) is 0 Å². The van der Waals surface area contributed by atoms with E-state index in [0.29, 0.717) is 6.04 Å². The zero-order valence-electron chi connectivity index (χ0n) is 8.82. The molecular weight excluding hydrogens is 213 g/mol. The van der Waals surface area contributed by atoms with Crippen LogP contribution in [0.5, 0.6) is 0 Å². The molecule has 0 spiro atoms. The molecular formula is C12H15ClFN. The average molecular weight is 228 g/mol. The van der Waals surface area contributed by atoms with Gasteiger partial charge in [-0.1, -0.05) is 17.7 Å². The molecule has 1 fully saturated rings. The normalized spacial score (nSPS) is 20.9. The highest BCUT2D eigenvalue weighted by Crippen LogP contribution is 2.24. The van der Waals surface area contributed by atoms with Crippen molar-refractivity contribution in [2.45, 2.75) is 32.2 Å². The molecule has 0 aromatic heterocycles. The third-order valence-electron chi connectivity index (χ3n) is 3.08. The summed E-state index contributed by atoms with van der Waals surface area (Å²) < 4.78 is 13.1. The van der Waals surface area contributed by atoms with Gasteiger partial charge in [-0.15, -0.1) is 0 Å². The third-order valence-corrected chi connectivity index (χ3v) is 3.54. The topological polar surface area (TPSA) is 12.0 Å². The van der Waals surface area contributed by atoms with Crippen molar-refractivity contribution in [1.82, 2.24) is 5.32 Å². The smallest absolute Gasteiger partial charge is 0.142 e. The quantitative estimate of drug-likeness (QED) is 0.819. The van der Waals surface area contributed by atoms with Gasteiger partial charge in [0.05, 0.1) is 5.02 Å². The number of benzene rings is 1. The van der Waals surface area contributed by atoms with Crippen molar-refractivity contribution < 1.29 is 4.39 Å². The zero-order chi connectivity index (χ0) is 10.8. The molecule has 1 aliphatic rings. The van der Waals surface area contributed by atoms with Crippen LogP contribution in [-0.4, -0.2) is 12.6 Å². The van der Waals surface area contributed by atoms with Crippen molar-refractivity contribution in [2.75, 3.05) is 6.54 Å². The maximum absolute atomic E-state index is 13.1. The van der Waals surface area contributed by atoms with Crippen LogP contribution in [-0.2, 0) is 6.42 Å². The minimum absolute atomic E-state index is 0.269. The summed E-state index contributed by atoms with van der Waals surface area (Å²) >= 11 is 5.87. The Morgan fingerprint density at radius 1 is 1.53 bits per heavy atom. The van der Waals surface area contributed by atoms with Crippen LogP contribution in [0.25, 0.3) is 0 Å². The average Bonchev–Trinajstić information content (AvgIpc) is 2.72. The summed E-state index contributed by atoms with van der Waals surface area (Å²) in [6, 6.07) is 3.83. The standard InChI is InChI=1S/C12H15ClFN/c1-8-9(4-5-11(14)12(8)13)7-10-3-2-6-15-10/h4-5,10,15H,2-3,6-7H2,1H3. The molecule has 0 saturated carbocycles. The van der Waals surface area contributed by atoms with Crippen LogP contribution in [0.1, 0.15) is 24.0 Å². The zero-order valence-corrected chi connectivity index (χ0v) is 9.57. The van der Waals surface area contributed by atoms with Gasteiger partial charge in [-0.25, -0.2) is 4.39 Å². The van der Waals surface area contributed by atoms with Gasteiger partial charge in [-0.05, 0) is 49.9 Å². The molecule has 3 heteroatoms. The van der Waals surface area contributed by atoms with E-state index in [1.807, 2.05) is 13.0 Å². The largest absolute Gasteiger partial charge is 0.314 e. The molecule has 1 aromatic carbocycles. The van der Waals surface area contributed by atoms with E-state index in [9.17, 15) is 4.39 Å². The first kappa shape index (κ1) is 10.9. The fraction of sp³-hybridized carbons (Fsp3) is 0.500. The summed E-state index contributed by atoms with van der Waals surface area (Å²) in [4.78, 5) is 0. The SMILES string of the molecule is Cc1c(CC2CCCN2)ccc(F)c1Cl. The first-order chi connectivity index (χ1) is 7.18. The maximum Gasteiger partial charge on any atom is 0.142 e. The van der Waals surface area contributed by atoms with Crippen molar-refractivity contribution in [2.24, 2.45) is 0 Å². The molecule has 0 radical (unpaired) electrons. The molecule has 2 rings (SSSR count). The summed E-state index contributed by atoms with van der Waals surface area (Å²) in [6.45, 7) is 2.98. The first-order valence-electron chi connectivity index (χ1n) is 5.35. The molecule has 0 bridgehead atoms. The molecule has 82 valence electrons. The predicted octanol–water partition coefficient (Wildman–Crippen LogP) is 3.08. The molecule has 1 nitrogen and oxygen atoms in total. The second-order valence-electron chi connectivity index (χ2n) is 4.14. The molecule has 15 heavy (non-hydrogen) atoms. The second-order valence-corrected chi connectivity index (χ2v) is 4.52. The van der Waals surface area contributed by atoms with Gasteiger partial charge < -0.3 is 5.32 Å². The summed E-state index contributed by atoms with van der Waals surface area (Å²) in [7, 11) is 0. The fourth-order valence-corrected chi connectivity index (χ4v) is 2.29. The molecule has 1 atom stereocenters. The lowest BCUT2D eigenvalue weighted by molar-refractivity contribution is 0.596. The Morgan fingerprint density at radius 2 is 2.33 bits per heavy atom. The van der Waals surface area contributed by atoms with Gasteiger partial charge in [0, 0.05) is 6.04 Å². The first-order valence-corrected chi connectivity index (χ1v) is 5.73. The van der Waals surface area contributed by atoms with Crippen LogP contribution in [0, 0.1) is 12.7 Å². The van der Waals surface area contributed by atoms with E-state index in [1.54, 1.807) is 0 Å². The number of halogens is 2. The Kier molecular flexibility index (Phi) is 3.27. The van der Waals surface area contributed by atoms with Crippen LogP contribution in [0.3, 0.4) is 0 Å². The minimum atomic E-state index is -0.322. The molecule has 1 aliphatic heterocycles. The van der Waals surface area contributed by atoms with E-state index in [1.165, 1.54) is 18.9 Å². The molecule has 1 saturated heterocycles. The Morgan fingerprint density at radius 3 is 3.00 bits per heavy atom. The van der Waals surface area contributed by atoms with Gasteiger partial charge >= 0.3 is 0 Å². The Hall–Kier alpha value is -0.600. The van der Waals surface area contributed by atoms with Gasteiger partial charge in [0.15, 0.2) is 0 Å². The molecule has 1 heterocycles. The summed E-state index contributed by atoms with van der Waals surface area (Å²) in [5.41, 5.74) is 2.03. The van der Waals surface area contributed by atoms with E-state index in [2.05, 4.69) is 5.32 Å². The van der Waals surface area contributed by atoms with Gasteiger partial charge in [0.1, 0.15) is 5.82 Å². The van der Waals surface area contributed by atoms with Crippen LogP contribution >= 0.6 is 11.6 Å². The maximum atomic E-state index is 13.1. The highest BCUT2D eigenvalue weighted by molar-refractivity contribution is 6.31. The predicted molar refractivity (Wildman–Crippen MR) is 60.9 cm³/mol. The molecule has 1 N–H and O–H groups in total.